The number of hydrogen-bond donors (Lipinski definition) is 1. The molecule has 5 heteroatoms. The van der Waals surface area contributed by atoms with E-state index in [1.54, 1.807) is 6.92 Å². The number of nitrogens with zero attached hydrogens (tertiary/aromatic N) is 2. The predicted molar refractivity (Wildman–Crippen MR) is 66.3 cm³/mol. The number of rotatable bonds is 1. The number of carbonyl (C=O) groups is 1. The lowest BCUT2D eigenvalue weighted by atomic mass is 9.88. The van der Waals surface area contributed by atoms with Gasteiger partial charge in [0.25, 0.3) is 5.91 Å². The molecule has 2 saturated heterocycles. The van der Waals surface area contributed by atoms with Crippen molar-refractivity contribution in [2.24, 2.45) is 11.8 Å². The Kier molecular flexibility index (Phi) is 2.86. The SMILES string of the molecule is Cc1noc(C)c1C(=O)N1CCC2CNCC2C1. The molecule has 0 bridgehead atoms. The van der Waals surface area contributed by atoms with Gasteiger partial charge in [-0.25, -0.2) is 0 Å². The van der Waals surface area contributed by atoms with Crippen molar-refractivity contribution in [3.05, 3.63) is 17.0 Å². The highest BCUT2D eigenvalue weighted by Crippen LogP contribution is 2.28. The van der Waals surface area contributed by atoms with Gasteiger partial charge < -0.3 is 14.7 Å². The maximum absolute atomic E-state index is 12.5. The van der Waals surface area contributed by atoms with Crippen LogP contribution in [0, 0.1) is 25.7 Å². The summed E-state index contributed by atoms with van der Waals surface area (Å²) in [6, 6.07) is 0. The summed E-state index contributed by atoms with van der Waals surface area (Å²) in [4.78, 5) is 14.5. The van der Waals surface area contributed by atoms with Gasteiger partial charge in [-0.2, -0.15) is 0 Å². The third kappa shape index (κ3) is 1.82. The fourth-order valence-electron chi connectivity index (χ4n) is 3.17. The minimum Gasteiger partial charge on any atom is -0.361 e. The largest absolute Gasteiger partial charge is 0.361 e. The van der Waals surface area contributed by atoms with Crippen LogP contribution in [-0.4, -0.2) is 42.1 Å². The number of likely N-dealkylation sites (tertiary alicyclic amines) is 1. The van der Waals surface area contributed by atoms with E-state index in [4.69, 9.17) is 4.52 Å². The number of piperidine rings is 1. The molecule has 2 unspecified atom stereocenters. The Morgan fingerprint density at radius 1 is 1.39 bits per heavy atom. The Hall–Kier alpha value is -1.36. The number of hydrogen-bond acceptors (Lipinski definition) is 4. The van der Waals surface area contributed by atoms with Crippen LogP contribution < -0.4 is 5.32 Å². The van der Waals surface area contributed by atoms with Gasteiger partial charge in [0.2, 0.25) is 0 Å². The maximum atomic E-state index is 12.5. The first kappa shape index (κ1) is 11.7. The lowest BCUT2D eigenvalue weighted by Gasteiger charge is -2.34. The molecule has 1 amide bonds. The van der Waals surface area contributed by atoms with Gasteiger partial charge in [0.1, 0.15) is 11.3 Å². The first-order valence-corrected chi connectivity index (χ1v) is 6.59. The Morgan fingerprint density at radius 2 is 2.17 bits per heavy atom. The Balaban J connectivity index is 1.77. The number of amides is 1. The highest BCUT2D eigenvalue weighted by molar-refractivity contribution is 5.96. The van der Waals surface area contributed by atoms with Crippen LogP contribution in [0.4, 0.5) is 0 Å². The fourth-order valence-corrected chi connectivity index (χ4v) is 3.17. The predicted octanol–water partition coefficient (Wildman–Crippen LogP) is 0.973. The summed E-state index contributed by atoms with van der Waals surface area (Å²) in [5, 5.41) is 7.28. The standard InChI is InChI=1S/C13H19N3O2/c1-8-12(9(2)18-15-8)13(17)16-4-3-10-5-14-6-11(10)7-16/h10-11,14H,3-7H2,1-2H3. The molecule has 0 saturated carbocycles. The third-order valence-electron chi connectivity index (χ3n) is 4.24. The van der Waals surface area contributed by atoms with Crippen molar-refractivity contribution in [3.63, 3.8) is 0 Å². The molecule has 5 nitrogen and oxygen atoms in total. The van der Waals surface area contributed by atoms with Gasteiger partial charge in [0.05, 0.1) is 5.69 Å². The van der Waals surface area contributed by atoms with Crippen LogP contribution in [0.1, 0.15) is 28.2 Å². The van der Waals surface area contributed by atoms with Crippen molar-refractivity contribution in [1.82, 2.24) is 15.4 Å². The Labute approximate surface area is 107 Å². The molecular formula is C13H19N3O2. The van der Waals surface area contributed by atoms with Gasteiger partial charge in [0.15, 0.2) is 0 Å². The van der Waals surface area contributed by atoms with E-state index in [1.807, 2.05) is 11.8 Å². The molecular weight excluding hydrogens is 230 g/mol. The first-order valence-electron chi connectivity index (χ1n) is 6.59. The van der Waals surface area contributed by atoms with Gasteiger partial charge in [-0.3, -0.25) is 4.79 Å². The molecule has 3 rings (SSSR count). The molecule has 0 aromatic carbocycles. The normalized spacial score (nSPS) is 27.3. The summed E-state index contributed by atoms with van der Waals surface area (Å²) >= 11 is 0. The van der Waals surface area contributed by atoms with Crippen LogP contribution in [0.5, 0.6) is 0 Å². The molecule has 2 aliphatic heterocycles. The average Bonchev–Trinajstić information content (AvgIpc) is 2.94. The lowest BCUT2D eigenvalue weighted by Crippen LogP contribution is -2.43. The highest BCUT2D eigenvalue weighted by Gasteiger charge is 2.35. The first-order chi connectivity index (χ1) is 8.66. The van der Waals surface area contributed by atoms with Crippen molar-refractivity contribution in [2.75, 3.05) is 26.2 Å². The Bertz CT molecular complexity index is 449. The van der Waals surface area contributed by atoms with E-state index in [0.29, 0.717) is 22.9 Å². The molecule has 18 heavy (non-hydrogen) atoms. The molecule has 2 aliphatic rings. The zero-order valence-corrected chi connectivity index (χ0v) is 10.9. The van der Waals surface area contributed by atoms with Gasteiger partial charge in [-0.1, -0.05) is 5.16 Å². The molecule has 1 aromatic heterocycles. The van der Waals surface area contributed by atoms with Crippen LogP contribution in [-0.2, 0) is 0 Å². The van der Waals surface area contributed by atoms with Crippen molar-refractivity contribution in [3.8, 4) is 0 Å². The van der Waals surface area contributed by atoms with E-state index in [2.05, 4.69) is 10.5 Å². The zero-order valence-electron chi connectivity index (χ0n) is 10.9. The molecule has 2 fully saturated rings. The van der Waals surface area contributed by atoms with Gasteiger partial charge in [0, 0.05) is 13.1 Å². The van der Waals surface area contributed by atoms with E-state index < -0.39 is 0 Å². The smallest absolute Gasteiger partial charge is 0.259 e. The number of aromatic nitrogens is 1. The highest BCUT2D eigenvalue weighted by atomic mass is 16.5. The number of fused-ring (bicyclic) bond motifs is 1. The monoisotopic (exact) mass is 249 g/mol. The molecule has 0 aliphatic carbocycles. The van der Waals surface area contributed by atoms with Crippen LogP contribution >= 0.6 is 0 Å². The van der Waals surface area contributed by atoms with Gasteiger partial charge >= 0.3 is 0 Å². The van der Waals surface area contributed by atoms with Crippen LogP contribution in [0.2, 0.25) is 0 Å². The number of aryl methyl sites for hydroxylation is 2. The van der Waals surface area contributed by atoms with E-state index in [1.165, 1.54) is 0 Å². The minimum absolute atomic E-state index is 0.0802. The summed E-state index contributed by atoms with van der Waals surface area (Å²) in [7, 11) is 0. The van der Waals surface area contributed by atoms with Crippen molar-refractivity contribution < 1.29 is 9.32 Å². The van der Waals surface area contributed by atoms with E-state index in [-0.39, 0.29) is 5.91 Å². The quantitative estimate of drug-likeness (QED) is 0.806. The zero-order chi connectivity index (χ0) is 12.7. The second-order valence-corrected chi connectivity index (χ2v) is 5.42. The molecule has 0 spiro atoms. The number of carbonyl (C=O) groups excluding carboxylic acids is 1. The molecule has 2 atom stereocenters. The maximum Gasteiger partial charge on any atom is 0.259 e. The summed E-state index contributed by atoms with van der Waals surface area (Å²) in [6.07, 6.45) is 1.10. The molecule has 0 radical (unpaired) electrons. The average molecular weight is 249 g/mol. The summed E-state index contributed by atoms with van der Waals surface area (Å²) in [6.45, 7) is 7.49. The minimum atomic E-state index is 0.0802. The lowest BCUT2D eigenvalue weighted by molar-refractivity contribution is 0.0640. The van der Waals surface area contributed by atoms with Crippen LogP contribution in [0.15, 0.2) is 4.52 Å². The number of nitrogens with one attached hydrogen (secondary N) is 1. The Morgan fingerprint density at radius 3 is 2.89 bits per heavy atom. The third-order valence-corrected chi connectivity index (χ3v) is 4.24. The van der Waals surface area contributed by atoms with Crippen LogP contribution in [0.3, 0.4) is 0 Å². The second-order valence-electron chi connectivity index (χ2n) is 5.42. The van der Waals surface area contributed by atoms with Crippen molar-refractivity contribution in [2.45, 2.75) is 20.3 Å². The van der Waals surface area contributed by atoms with Crippen molar-refractivity contribution in [1.29, 1.82) is 0 Å². The summed E-state index contributed by atoms with van der Waals surface area (Å²) < 4.78 is 5.08. The summed E-state index contributed by atoms with van der Waals surface area (Å²) in [5.74, 6) is 2.07. The van der Waals surface area contributed by atoms with Gasteiger partial charge in [-0.05, 0) is 45.2 Å². The van der Waals surface area contributed by atoms with Gasteiger partial charge in [-0.15, -0.1) is 0 Å². The molecule has 1 aromatic rings. The second kappa shape index (κ2) is 4.39. The van der Waals surface area contributed by atoms with E-state index in [9.17, 15) is 4.79 Å². The van der Waals surface area contributed by atoms with E-state index in [0.717, 1.165) is 38.5 Å². The van der Waals surface area contributed by atoms with Crippen molar-refractivity contribution >= 4 is 5.91 Å². The van der Waals surface area contributed by atoms with Crippen LogP contribution in [0.25, 0.3) is 0 Å². The van der Waals surface area contributed by atoms with E-state index >= 15 is 0 Å². The molecule has 3 heterocycles. The molecule has 98 valence electrons. The molecule has 1 N–H and O–H groups in total. The fraction of sp³-hybridized carbons (Fsp3) is 0.692. The topological polar surface area (TPSA) is 58.4 Å². The summed E-state index contributed by atoms with van der Waals surface area (Å²) in [5.41, 5.74) is 1.35.